The summed E-state index contributed by atoms with van der Waals surface area (Å²) in [6.45, 7) is 6.78. The third-order valence-electron chi connectivity index (χ3n) is 5.48. The van der Waals surface area contributed by atoms with E-state index >= 15 is 0 Å². The number of carbonyl (C=O) groups excluding carboxylic acids is 1. The van der Waals surface area contributed by atoms with Gasteiger partial charge >= 0.3 is 6.09 Å². The molecule has 1 unspecified atom stereocenters. The Balaban J connectivity index is 1.54. The Morgan fingerprint density at radius 2 is 1.91 bits per heavy atom. The van der Waals surface area contributed by atoms with Crippen LogP contribution >= 0.6 is 0 Å². The smallest absolute Gasteiger partial charge is 0.410 e. The molecule has 35 heavy (non-hydrogen) atoms. The molecular formula is C26H31N5O4. The summed E-state index contributed by atoms with van der Waals surface area (Å²) in [5.41, 5.74) is 0.936. The molecule has 184 valence electrons. The van der Waals surface area contributed by atoms with Gasteiger partial charge in [-0.2, -0.15) is 0 Å². The molecule has 1 aromatic carbocycles. The van der Waals surface area contributed by atoms with Crippen LogP contribution < -0.4 is 14.8 Å². The second-order valence-electron chi connectivity index (χ2n) is 9.28. The van der Waals surface area contributed by atoms with Crippen molar-refractivity contribution in [2.24, 2.45) is 0 Å². The largest absolute Gasteiger partial charge is 0.497 e. The van der Waals surface area contributed by atoms with E-state index in [0.717, 1.165) is 24.2 Å². The molecule has 9 nitrogen and oxygen atoms in total. The molecule has 1 aliphatic heterocycles. The SMILES string of the molecule is COc1ccc(Oc2nc(-c3cccnc3)cnc2NCC2CCCN2C(=O)OC(C)(C)C)cc1. The van der Waals surface area contributed by atoms with Gasteiger partial charge in [0.25, 0.3) is 5.88 Å². The van der Waals surface area contributed by atoms with Crippen LogP contribution in [0.2, 0.25) is 0 Å². The number of nitrogens with zero attached hydrogens (tertiary/aromatic N) is 4. The number of nitrogens with one attached hydrogen (secondary N) is 1. The molecule has 0 bridgehead atoms. The summed E-state index contributed by atoms with van der Waals surface area (Å²) in [4.78, 5) is 27.9. The summed E-state index contributed by atoms with van der Waals surface area (Å²) in [7, 11) is 1.62. The van der Waals surface area contributed by atoms with E-state index in [9.17, 15) is 4.79 Å². The highest BCUT2D eigenvalue weighted by Gasteiger charge is 2.32. The van der Waals surface area contributed by atoms with Crippen LogP contribution in [0.3, 0.4) is 0 Å². The van der Waals surface area contributed by atoms with E-state index in [0.29, 0.717) is 36.2 Å². The van der Waals surface area contributed by atoms with Crippen molar-refractivity contribution in [2.75, 3.05) is 25.5 Å². The minimum atomic E-state index is -0.537. The molecule has 1 aliphatic rings. The number of pyridine rings is 1. The topological polar surface area (TPSA) is 98.7 Å². The summed E-state index contributed by atoms with van der Waals surface area (Å²) in [5, 5.41) is 3.34. The van der Waals surface area contributed by atoms with Gasteiger partial charge < -0.3 is 24.4 Å². The Morgan fingerprint density at radius 1 is 1.14 bits per heavy atom. The second kappa shape index (κ2) is 10.6. The Labute approximate surface area is 205 Å². The second-order valence-corrected chi connectivity index (χ2v) is 9.28. The zero-order valence-corrected chi connectivity index (χ0v) is 20.5. The Kier molecular flexibility index (Phi) is 7.33. The molecule has 4 rings (SSSR count). The zero-order valence-electron chi connectivity index (χ0n) is 20.5. The van der Waals surface area contributed by atoms with Crippen molar-refractivity contribution in [1.82, 2.24) is 19.9 Å². The van der Waals surface area contributed by atoms with Gasteiger partial charge in [-0.1, -0.05) is 0 Å². The number of rotatable bonds is 7. The fourth-order valence-corrected chi connectivity index (χ4v) is 3.80. The summed E-state index contributed by atoms with van der Waals surface area (Å²) in [6.07, 6.45) is 6.62. The van der Waals surface area contributed by atoms with Crippen molar-refractivity contribution < 1.29 is 19.0 Å². The number of methoxy groups -OCH3 is 1. The van der Waals surface area contributed by atoms with Gasteiger partial charge in [-0.05, 0) is 70.0 Å². The number of hydrogen-bond donors (Lipinski definition) is 1. The van der Waals surface area contributed by atoms with E-state index in [4.69, 9.17) is 19.2 Å². The van der Waals surface area contributed by atoms with Crippen LogP contribution in [0.5, 0.6) is 17.4 Å². The Bertz CT molecular complexity index is 1130. The predicted molar refractivity (Wildman–Crippen MR) is 133 cm³/mol. The highest BCUT2D eigenvalue weighted by Crippen LogP contribution is 2.30. The van der Waals surface area contributed by atoms with Crippen molar-refractivity contribution >= 4 is 11.9 Å². The van der Waals surface area contributed by atoms with E-state index in [1.54, 1.807) is 30.6 Å². The van der Waals surface area contributed by atoms with Crippen LogP contribution in [0.4, 0.5) is 10.6 Å². The molecule has 0 radical (unpaired) electrons. The van der Waals surface area contributed by atoms with Gasteiger partial charge in [0.15, 0.2) is 5.82 Å². The van der Waals surface area contributed by atoms with Gasteiger partial charge in [-0.15, -0.1) is 0 Å². The monoisotopic (exact) mass is 477 g/mol. The van der Waals surface area contributed by atoms with Crippen molar-refractivity contribution in [3.8, 4) is 28.6 Å². The molecule has 2 aromatic heterocycles. The summed E-state index contributed by atoms with van der Waals surface area (Å²) in [5.74, 6) is 2.15. The number of aromatic nitrogens is 3. The number of benzene rings is 1. The maximum absolute atomic E-state index is 12.7. The first kappa shape index (κ1) is 24.3. The highest BCUT2D eigenvalue weighted by atomic mass is 16.6. The van der Waals surface area contributed by atoms with E-state index < -0.39 is 5.60 Å². The maximum atomic E-state index is 12.7. The van der Waals surface area contributed by atoms with E-state index in [1.807, 2.05) is 57.2 Å². The average molecular weight is 478 g/mol. The first-order valence-corrected chi connectivity index (χ1v) is 11.7. The number of hydrogen-bond acceptors (Lipinski definition) is 8. The van der Waals surface area contributed by atoms with Crippen LogP contribution in [0.25, 0.3) is 11.3 Å². The lowest BCUT2D eigenvalue weighted by molar-refractivity contribution is 0.0235. The molecule has 3 heterocycles. The summed E-state index contributed by atoms with van der Waals surface area (Å²) in [6, 6.07) is 11.0. The quantitative estimate of drug-likeness (QED) is 0.499. The lowest BCUT2D eigenvalue weighted by Gasteiger charge is -2.28. The average Bonchev–Trinajstić information content (AvgIpc) is 3.32. The Morgan fingerprint density at radius 3 is 2.60 bits per heavy atom. The molecule has 0 aliphatic carbocycles. The molecule has 1 N–H and O–H groups in total. The van der Waals surface area contributed by atoms with Crippen molar-refractivity contribution in [2.45, 2.75) is 45.3 Å². The van der Waals surface area contributed by atoms with Crippen LogP contribution in [-0.4, -0.2) is 57.8 Å². The molecule has 1 fully saturated rings. The van der Waals surface area contributed by atoms with E-state index in [1.165, 1.54) is 0 Å². The van der Waals surface area contributed by atoms with Crippen molar-refractivity contribution in [3.05, 3.63) is 55.0 Å². The van der Waals surface area contributed by atoms with Crippen molar-refractivity contribution in [3.63, 3.8) is 0 Å². The molecule has 1 amide bonds. The lowest BCUT2D eigenvalue weighted by Crippen LogP contribution is -2.42. The van der Waals surface area contributed by atoms with Gasteiger partial charge in [0.1, 0.15) is 17.1 Å². The number of amides is 1. The minimum absolute atomic E-state index is 0.0153. The van der Waals surface area contributed by atoms with Gasteiger partial charge in [0.2, 0.25) is 0 Å². The van der Waals surface area contributed by atoms with Crippen molar-refractivity contribution in [1.29, 1.82) is 0 Å². The van der Waals surface area contributed by atoms with Crippen LogP contribution in [0, 0.1) is 0 Å². The minimum Gasteiger partial charge on any atom is -0.497 e. The summed E-state index contributed by atoms with van der Waals surface area (Å²) < 4.78 is 16.9. The standard InChI is InChI=1S/C26H31N5O4/c1-26(2,3)35-25(32)31-14-6-8-19(31)16-28-23-24(34-21-11-9-20(33-4)10-12-21)30-22(17-29-23)18-7-5-13-27-15-18/h5,7,9-13,15,17,19H,6,8,14,16H2,1-4H3,(H,28,29). The maximum Gasteiger partial charge on any atom is 0.410 e. The van der Waals surface area contributed by atoms with Gasteiger partial charge in [0.05, 0.1) is 25.0 Å². The number of carbonyl (C=O) groups is 1. The number of ether oxygens (including phenoxy) is 3. The zero-order chi connectivity index (χ0) is 24.8. The molecule has 0 spiro atoms. The molecular weight excluding hydrogens is 446 g/mol. The van der Waals surface area contributed by atoms with Gasteiger partial charge in [-0.3, -0.25) is 4.98 Å². The van der Waals surface area contributed by atoms with Crippen LogP contribution in [0.15, 0.2) is 55.0 Å². The third kappa shape index (κ3) is 6.38. The molecule has 0 saturated carbocycles. The lowest BCUT2D eigenvalue weighted by atomic mass is 10.2. The first-order valence-electron chi connectivity index (χ1n) is 11.7. The predicted octanol–water partition coefficient (Wildman–Crippen LogP) is 5.15. The molecule has 1 saturated heterocycles. The number of anilines is 1. The fraction of sp³-hybridized carbons (Fsp3) is 0.385. The molecule has 3 aromatic rings. The van der Waals surface area contributed by atoms with Crippen LogP contribution in [0.1, 0.15) is 33.6 Å². The van der Waals surface area contributed by atoms with E-state index in [2.05, 4.69) is 15.3 Å². The third-order valence-corrected chi connectivity index (χ3v) is 5.48. The summed E-state index contributed by atoms with van der Waals surface area (Å²) >= 11 is 0. The van der Waals surface area contributed by atoms with Crippen LogP contribution in [-0.2, 0) is 4.74 Å². The fourth-order valence-electron chi connectivity index (χ4n) is 3.80. The first-order chi connectivity index (χ1) is 16.8. The van der Waals surface area contributed by atoms with Gasteiger partial charge in [-0.25, -0.2) is 14.8 Å². The van der Waals surface area contributed by atoms with Gasteiger partial charge in [0, 0.05) is 31.0 Å². The highest BCUT2D eigenvalue weighted by molar-refractivity contribution is 5.69. The normalized spacial score (nSPS) is 15.5. The molecule has 9 heteroatoms. The van der Waals surface area contributed by atoms with E-state index in [-0.39, 0.29) is 12.1 Å². The number of likely N-dealkylation sites (tertiary alicyclic amines) is 1. The Hall–Kier alpha value is -3.88. The molecule has 1 atom stereocenters.